The lowest BCUT2D eigenvalue weighted by atomic mass is 9.58. The molecule has 4 fully saturated rings. The van der Waals surface area contributed by atoms with Gasteiger partial charge in [0.1, 0.15) is 0 Å². The molecule has 2 saturated heterocycles. The molecule has 0 amide bonds. The first kappa shape index (κ1) is 21.6. The molecular formula is C25H48N2. The van der Waals surface area contributed by atoms with Gasteiger partial charge in [-0.2, -0.15) is 0 Å². The summed E-state index contributed by atoms with van der Waals surface area (Å²) in [6.07, 6.45) is 13.4. The van der Waals surface area contributed by atoms with Crippen LogP contribution in [0.3, 0.4) is 0 Å². The van der Waals surface area contributed by atoms with Gasteiger partial charge >= 0.3 is 0 Å². The summed E-state index contributed by atoms with van der Waals surface area (Å²) in [5, 5.41) is 0. The van der Waals surface area contributed by atoms with Crippen molar-refractivity contribution in [3.8, 4) is 0 Å². The summed E-state index contributed by atoms with van der Waals surface area (Å²) >= 11 is 0. The molecule has 2 aliphatic heterocycles. The van der Waals surface area contributed by atoms with Crippen molar-refractivity contribution in [2.45, 2.75) is 98.4 Å². The van der Waals surface area contributed by atoms with E-state index in [0.717, 1.165) is 34.6 Å². The molecule has 4 aliphatic rings. The summed E-state index contributed by atoms with van der Waals surface area (Å²) < 4.78 is 0. The van der Waals surface area contributed by atoms with Crippen molar-refractivity contribution in [1.82, 2.24) is 9.80 Å². The Morgan fingerprint density at radius 2 is 1.48 bits per heavy atom. The maximum atomic E-state index is 2.66. The predicted molar refractivity (Wildman–Crippen MR) is 118 cm³/mol. The van der Waals surface area contributed by atoms with Gasteiger partial charge < -0.3 is 9.80 Å². The quantitative estimate of drug-likeness (QED) is 0.590. The van der Waals surface area contributed by atoms with Gasteiger partial charge in [-0.05, 0) is 120 Å². The number of rotatable bonds is 3. The lowest BCUT2D eigenvalue weighted by molar-refractivity contribution is 0.0363. The third-order valence-corrected chi connectivity index (χ3v) is 8.93. The molecule has 2 saturated carbocycles. The Labute approximate surface area is 170 Å². The van der Waals surface area contributed by atoms with Crippen molar-refractivity contribution in [3.63, 3.8) is 0 Å². The molecular weight excluding hydrogens is 328 g/mol. The summed E-state index contributed by atoms with van der Waals surface area (Å²) in [6, 6.07) is 0.755. The second-order valence-electron chi connectivity index (χ2n) is 11.5. The molecule has 2 heteroatoms. The fourth-order valence-electron chi connectivity index (χ4n) is 6.66. The molecule has 158 valence electrons. The van der Waals surface area contributed by atoms with E-state index >= 15 is 0 Å². The second-order valence-corrected chi connectivity index (χ2v) is 11.5. The van der Waals surface area contributed by atoms with E-state index in [2.05, 4.69) is 51.5 Å². The fraction of sp³-hybridized carbons (Fsp3) is 1.00. The highest BCUT2D eigenvalue weighted by Crippen LogP contribution is 2.53. The van der Waals surface area contributed by atoms with E-state index in [0.29, 0.717) is 0 Å². The van der Waals surface area contributed by atoms with Crippen LogP contribution < -0.4 is 0 Å². The van der Waals surface area contributed by atoms with Crippen molar-refractivity contribution >= 4 is 0 Å². The van der Waals surface area contributed by atoms with Crippen molar-refractivity contribution in [3.05, 3.63) is 0 Å². The first-order valence-corrected chi connectivity index (χ1v) is 12.2. The summed E-state index contributed by atoms with van der Waals surface area (Å²) in [4.78, 5) is 5.15. The third kappa shape index (κ3) is 5.10. The largest absolute Gasteiger partial charge is 0.306 e. The fourth-order valence-corrected chi connectivity index (χ4v) is 6.66. The zero-order valence-electron chi connectivity index (χ0n) is 19.4. The Hall–Kier alpha value is -0.0800. The number of hydrogen-bond acceptors (Lipinski definition) is 2. The van der Waals surface area contributed by atoms with Crippen LogP contribution in [0.25, 0.3) is 0 Å². The van der Waals surface area contributed by atoms with Gasteiger partial charge in [-0.25, -0.2) is 0 Å². The Morgan fingerprint density at radius 1 is 0.852 bits per heavy atom. The van der Waals surface area contributed by atoms with E-state index in [1.54, 1.807) is 0 Å². The monoisotopic (exact) mass is 376 g/mol. The number of piperidine rings is 1. The van der Waals surface area contributed by atoms with Crippen LogP contribution in [0.1, 0.15) is 92.4 Å². The highest BCUT2D eigenvalue weighted by molar-refractivity contribution is 5.00. The Bertz CT molecular complexity index is 455. The van der Waals surface area contributed by atoms with Gasteiger partial charge in [0.25, 0.3) is 0 Å². The lowest BCUT2D eigenvalue weighted by Gasteiger charge is -2.47. The smallest absolute Gasteiger partial charge is 0.00385 e. The molecule has 0 N–H and O–H groups in total. The standard InChI is InChI=1S/C14H27N.C11H21N/c1-4-13-5-6-14(11-13)7-9-15(10-8-14)12(2)3;1-9(2)10-6-11(7-10)4-5-12(3)8-11/h12-13H,4-11H2,1-3H3;9-10H,4-8H2,1-3H3. The van der Waals surface area contributed by atoms with Gasteiger partial charge in [0.15, 0.2) is 0 Å². The van der Waals surface area contributed by atoms with Gasteiger partial charge in [0.05, 0.1) is 0 Å². The van der Waals surface area contributed by atoms with Gasteiger partial charge in [0, 0.05) is 12.6 Å². The molecule has 4 rings (SSSR count). The molecule has 0 aromatic rings. The van der Waals surface area contributed by atoms with Gasteiger partial charge in [-0.15, -0.1) is 0 Å². The molecule has 2 spiro atoms. The van der Waals surface area contributed by atoms with Crippen LogP contribution in [0.15, 0.2) is 0 Å². The zero-order chi connectivity index (χ0) is 19.7. The van der Waals surface area contributed by atoms with Gasteiger partial charge in [-0.3, -0.25) is 0 Å². The summed E-state index contributed by atoms with van der Waals surface area (Å²) in [6.45, 7) is 17.2. The van der Waals surface area contributed by atoms with E-state index in [1.165, 1.54) is 84.0 Å². The highest BCUT2D eigenvalue weighted by Gasteiger charge is 2.48. The molecule has 0 aromatic carbocycles. The molecule has 2 heterocycles. The molecule has 2 aliphatic carbocycles. The molecule has 1 atom stereocenters. The molecule has 27 heavy (non-hydrogen) atoms. The Morgan fingerprint density at radius 3 is 1.93 bits per heavy atom. The average molecular weight is 377 g/mol. The Kier molecular flexibility index (Phi) is 7.00. The minimum absolute atomic E-state index is 0.755. The van der Waals surface area contributed by atoms with Crippen LogP contribution in [-0.4, -0.2) is 49.1 Å². The Balaban J connectivity index is 0.000000159. The van der Waals surface area contributed by atoms with Crippen molar-refractivity contribution in [2.24, 2.45) is 28.6 Å². The van der Waals surface area contributed by atoms with Gasteiger partial charge in [0.2, 0.25) is 0 Å². The lowest BCUT2D eigenvalue weighted by Crippen LogP contribution is -2.42. The summed E-state index contributed by atoms with van der Waals surface area (Å²) in [5.74, 6) is 3.01. The van der Waals surface area contributed by atoms with Crippen LogP contribution in [-0.2, 0) is 0 Å². The van der Waals surface area contributed by atoms with E-state index in [9.17, 15) is 0 Å². The minimum atomic E-state index is 0.755. The summed E-state index contributed by atoms with van der Waals surface area (Å²) in [7, 11) is 2.26. The van der Waals surface area contributed by atoms with E-state index < -0.39 is 0 Å². The first-order valence-electron chi connectivity index (χ1n) is 12.2. The predicted octanol–water partition coefficient (Wildman–Crippen LogP) is 6.06. The number of nitrogens with zero attached hydrogens (tertiary/aromatic N) is 2. The first-order chi connectivity index (χ1) is 12.8. The van der Waals surface area contributed by atoms with Crippen molar-refractivity contribution < 1.29 is 0 Å². The molecule has 2 nitrogen and oxygen atoms in total. The summed E-state index contributed by atoms with van der Waals surface area (Å²) in [5.41, 5.74) is 1.54. The van der Waals surface area contributed by atoms with Crippen LogP contribution >= 0.6 is 0 Å². The molecule has 1 unspecified atom stereocenters. The number of hydrogen-bond donors (Lipinski definition) is 0. The molecule has 0 aromatic heterocycles. The normalized spacial score (nSPS) is 36.4. The minimum Gasteiger partial charge on any atom is -0.306 e. The topological polar surface area (TPSA) is 6.48 Å². The van der Waals surface area contributed by atoms with E-state index in [1.807, 2.05) is 0 Å². The SMILES string of the molecule is CC(C)C1CC2(CCN(C)C2)C1.CCC1CCC2(CCN(C(C)C)CC2)C1. The third-order valence-electron chi connectivity index (χ3n) is 8.93. The molecule has 0 radical (unpaired) electrons. The highest BCUT2D eigenvalue weighted by atomic mass is 15.2. The zero-order valence-corrected chi connectivity index (χ0v) is 19.4. The second kappa shape index (κ2) is 8.74. The van der Waals surface area contributed by atoms with E-state index in [-0.39, 0.29) is 0 Å². The maximum absolute atomic E-state index is 2.66. The average Bonchev–Trinajstić information content (AvgIpc) is 3.18. The van der Waals surface area contributed by atoms with Crippen LogP contribution in [0.4, 0.5) is 0 Å². The van der Waals surface area contributed by atoms with Crippen molar-refractivity contribution in [2.75, 3.05) is 33.2 Å². The van der Waals surface area contributed by atoms with Crippen LogP contribution in [0, 0.1) is 28.6 Å². The van der Waals surface area contributed by atoms with Gasteiger partial charge in [-0.1, -0.05) is 27.2 Å². The van der Waals surface area contributed by atoms with Crippen LogP contribution in [0.5, 0.6) is 0 Å². The molecule has 0 bridgehead atoms. The van der Waals surface area contributed by atoms with Crippen molar-refractivity contribution in [1.29, 1.82) is 0 Å². The number of likely N-dealkylation sites (tertiary alicyclic amines) is 2. The maximum Gasteiger partial charge on any atom is 0.00385 e. The van der Waals surface area contributed by atoms with Crippen LogP contribution in [0.2, 0.25) is 0 Å². The van der Waals surface area contributed by atoms with E-state index in [4.69, 9.17) is 0 Å².